The molecule has 2 saturated carbocycles. The smallest absolute Gasteiger partial charge is 0.302 e. The summed E-state index contributed by atoms with van der Waals surface area (Å²) in [6, 6.07) is 0. The Morgan fingerprint density at radius 2 is 1.90 bits per heavy atom. The van der Waals surface area contributed by atoms with Crippen LogP contribution in [-0.4, -0.2) is 12.1 Å². The SMILES string of the molecule is CC(=O)O[C@H]1CC[C@]2(C)C3=CC[C@]4(C)[C@@H]([C@H](C)CCCC(C)C)CC[C@H]4C3=CC[C@H]2C1. The fourth-order valence-electron chi connectivity index (χ4n) is 8.18. The third kappa shape index (κ3) is 4.18. The molecular weight excluding hydrogens is 380 g/mol. The van der Waals surface area contributed by atoms with Crippen molar-refractivity contribution in [2.75, 3.05) is 0 Å². The fraction of sp³-hybridized carbons (Fsp3) is 0.828. The van der Waals surface area contributed by atoms with Gasteiger partial charge in [-0.25, -0.2) is 0 Å². The standard InChI is InChI=1S/C29H46O2/c1-19(2)8-7-9-20(3)25-12-13-26-24-11-10-22-18-23(31-21(4)30)14-16-28(22,5)27(24)15-17-29(25,26)6/h11,15,19-20,22-23,25-26H,7-10,12-14,16-18H2,1-6H3/t20-,22+,23+,25-,26+,28+,29-/m1/s1. The van der Waals surface area contributed by atoms with E-state index < -0.39 is 0 Å². The summed E-state index contributed by atoms with van der Waals surface area (Å²) >= 11 is 0. The number of hydrogen-bond donors (Lipinski definition) is 0. The van der Waals surface area contributed by atoms with Crippen LogP contribution in [0.2, 0.25) is 0 Å². The van der Waals surface area contributed by atoms with Crippen LogP contribution in [0.4, 0.5) is 0 Å². The van der Waals surface area contributed by atoms with Crippen LogP contribution in [0.3, 0.4) is 0 Å². The summed E-state index contributed by atoms with van der Waals surface area (Å²) in [4.78, 5) is 11.5. The van der Waals surface area contributed by atoms with Gasteiger partial charge in [0.25, 0.3) is 0 Å². The molecule has 0 heterocycles. The first-order valence-electron chi connectivity index (χ1n) is 13.2. The minimum Gasteiger partial charge on any atom is -0.463 e. The molecule has 0 amide bonds. The Labute approximate surface area is 191 Å². The molecule has 174 valence electrons. The number of fused-ring (bicyclic) bond motifs is 5. The van der Waals surface area contributed by atoms with Gasteiger partial charge in [-0.2, -0.15) is 0 Å². The van der Waals surface area contributed by atoms with E-state index in [1.165, 1.54) is 44.9 Å². The van der Waals surface area contributed by atoms with E-state index in [0.717, 1.165) is 42.9 Å². The maximum Gasteiger partial charge on any atom is 0.302 e. The minimum atomic E-state index is -0.118. The van der Waals surface area contributed by atoms with Gasteiger partial charge in [0, 0.05) is 6.92 Å². The van der Waals surface area contributed by atoms with Gasteiger partial charge in [0.1, 0.15) is 6.10 Å². The zero-order valence-corrected chi connectivity index (χ0v) is 21.0. The van der Waals surface area contributed by atoms with Gasteiger partial charge in [-0.1, -0.05) is 66.0 Å². The molecule has 0 saturated heterocycles. The van der Waals surface area contributed by atoms with Gasteiger partial charge in [-0.3, -0.25) is 4.79 Å². The van der Waals surface area contributed by atoms with Crippen LogP contribution < -0.4 is 0 Å². The van der Waals surface area contributed by atoms with Crippen molar-refractivity contribution < 1.29 is 9.53 Å². The zero-order chi connectivity index (χ0) is 22.4. The third-order valence-electron chi connectivity index (χ3n) is 9.97. The fourth-order valence-corrected chi connectivity index (χ4v) is 8.18. The van der Waals surface area contributed by atoms with Crippen LogP contribution in [0.25, 0.3) is 0 Å². The number of ether oxygens (including phenoxy) is 1. The summed E-state index contributed by atoms with van der Waals surface area (Å²) in [5, 5.41) is 0. The first-order chi connectivity index (χ1) is 14.6. The molecule has 0 bridgehead atoms. The lowest BCUT2D eigenvalue weighted by atomic mass is 9.51. The average Bonchev–Trinajstić information content (AvgIpc) is 3.05. The van der Waals surface area contributed by atoms with Crippen LogP contribution in [0.15, 0.2) is 23.3 Å². The Balaban J connectivity index is 1.50. The second-order valence-electron chi connectivity index (χ2n) is 12.4. The largest absolute Gasteiger partial charge is 0.463 e. The lowest BCUT2D eigenvalue weighted by Crippen LogP contribution is -2.45. The maximum absolute atomic E-state index is 11.5. The van der Waals surface area contributed by atoms with E-state index >= 15 is 0 Å². The van der Waals surface area contributed by atoms with Crippen LogP contribution in [0.5, 0.6) is 0 Å². The maximum atomic E-state index is 11.5. The zero-order valence-electron chi connectivity index (χ0n) is 21.0. The summed E-state index contributed by atoms with van der Waals surface area (Å²) in [5.74, 6) is 3.80. The molecule has 0 N–H and O–H groups in total. The highest BCUT2D eigenvalue weighted by molar-refractivity contribution is 5.66. The normalized spacial score (nSPS) is 40.4. The molecule has 0 aromatic carbocycles. The molecular formula is C29H46O2. The number of rotatable bonds is 6. The highest BCUT2D eigenvalue weighted by atomic mass is 16.5. The highest BCUT2D eigenvalue weighted by Crippen LogP contribution is 2.65. The lowest BCUT2D eigenvalue weighted by Gasteiger charge is -2.53. The molecule has 0 unspecified atom stereocenters. The Kier molecular flexibility index (Phi) is 6.50. The molecule has 0 aromatic rings. The van der Waals surface area contributed by atoms with Crippen molar-refractivity contribution in [2.24, 2.45) is 40.4 Å². The Bertz CT molecular complexity index is 746. The molecule has 4 aliphatic rings. The number of allylic oxidation sites excluding steroid dienone is 4. The van der Waals surface area contributed by atoms with Crippen molar-refractivity contribution in [3.8, 4) is 0 Å². The van der Waals surface area contributed by atoms with Gasteiger partial charge >= 0.3 is 5.97 Å². The second-order valence-corrected chi connectivity index (χ2v) is 12.4. The van der Waals surface area contributed by atoms with Gasteiger partial charge in [-0.05, 0) is 96.5 Å². The Morgan fingerprint density at radius 3 is 2.61 bits per heavy atom. The molecule has 31 heavy (non-hydrogen) atoms. The number of hydrogen-bond acceptors (Lipinski definition) is 2. The van der Waals surface area contributed by atoms with Crippen LogP contribution in [-0.2, 0) is 9.53 Å². The topological polar surface area (TPSA) is 26.3 Å². The summed E-state index contributed by atoms with van der Waals surface area (Å²) in [6.45, 7) is 13.9. The first-order valence-corrected chi connectivity index (χ1v) is 13.2. The van der Waals surface area contributed by atoms with Crippen LogP contribution >= 0.6 is 0 Å². The van der Waals surface area contributed by atoms with E-state index in [4.69, 9.17) is 4.74 Å². The van der Waals surface area contributed by atoms with E-state index in [0.29, 0.717) is 11.3 Å². The number of esters is 1. The van der Waals surface area contributed by atoms with Gasteiger partial charge in [0.15, 0.2) is 0 Å². The first kappa shape index (κ1) is 23.1. The molecule has 0 spiro atoms. The van der Waals surface area contributed by atoms with E-state index in [2.05, 4.69) is 46.8 Å². The summed E-state index contributed by atoms with van der Waals surface area (Å²) in [5.41, 5.74) is 4.13. The van der Waals surface area contributed by atoms with Gasteiger partial charge in [0.05, 0.1) is 0 Å². The Hall–Kier alpha value is -1.05. The summed E-state index contributed by atoms with van der Waals surface area (Å²) in [7, 11) is 0. The molecule has 2 fully saturated rings. The third-order valence-corrected chi connectivity index (χ3v) is 9.97. The Morgan fingerprint density at radius 1 is 1.13 bits per heavy atom. The number of carbonyl (C=O) groups is 1. The monoisotopic (exact) mass is 426 g/mol. The predicted octanol–water partition coefficient (Wildman–Crippen LogP) is 7.88. The van der Waals surface area contributed by atoms with Crippen molar-refractivity contribution in [1.82, 2.24) is 0 Å². The number of carbonyl (C=O) groups excluding carboxylic acids is 1. The van der Waals surface area contributed by atoms with E-state index in [9.17, 15) is 4.79 Å². The van der Waals surface area contributed by atoms with Crippen molar-refractivity contribution in [1.29, 1.82) is 0 Å². The van der Waals surface area contributed by atoms with Gasteiger partial charge in [0.2, 0.25) is 0 Å². The molecule has 0 aliphatic heterocycles. The molecule has 4 rings (SSSR count). The molecule has 4 aliphatic carbocycles. The average molecular weight is 427 g/mol. The van der Waals surface area contributed by atoms with Gasteiger partial charge in [-0.15, -0.1) is 0 Å². The lowest BCUT2D eigenvalue weighted by molar-refractivity contribution is -0.150. The quantitative estimate of drug-likeness (QED) is 0.404. The molecule has 0 radical (unpaired) electrons. The van der Waals surface area contributed by atoms with Crippen molar-refractivity contribution >= 4 is 5.97 Å². The van der Waals surface area contributed by atoms with E-state index in [1.54, 1.807) is 18.1 Å². The predicted molar refractivity (Wildman–Crippen MR) is 129 cm³/mol. The second kappa shape index (κ2) is 8.71. The molecule has 7 atom stereocenters. The van der Waals surface area contributed by atoms with E-state index in [-0.39, 0.29) is 17.5 Å². The van der Waals surface area contributed by atoms with Crippen LogP contribution in [0.1, 0.15) is 106 Å². The van der Waals surface area contributed by atoms with Crippen molar-refractivity contribution in [3.05, 3.63) is 23.3 Å². The van der Waals surface area contributed by atoms with Crippen molar-refractivity contribution in [3.63, 3.8) is 0 Å². The summed E-state index contributed by atoms with van der Waals surface area (Å²) < 4.78 is 5.61. The van der Waals surface area contributed by atoms with Gasteiger partial charge < -0.3 is 4.74 Å². The van der Waals surface area contributed by atoms with Crippen molar-refractivity contribution in [2.45, 2.75) is 112 Å². The molecule has 2 heteroatoms. The summed E-state index contributed by atoms with van der Waals surface area (Å²) in [6.07, 6.45) is 18.0. The van der Waals surface area contributed by atoms with E-state index in [1.807, 2.05) is 0 Å². The molecule has 0 aromatic heterocycles. The highest BCUT2D eigenvalue weighted by Gasteiger charge is 2.55. The minimum absolute atomic E-state index is 0.118. The molecule has 2 nitrogen and oxygen atoms in total. The van der Waals surface area contributed by atoms with Crippen LogP contribution in [0, 0.1) is 40.4 Å².